The summed E-state index contributed by atoms with van der Waals surface area (Å²) in [6, 6.07) is -1.44. The maximum Gasteiger partial charge on any atom is 0.323 e. The van der Waals surface area contributed by atoms with E-state index in [1.807, 2.05) is 0 Å². The van der Waals surface area contributed by atoms with Gasteiger partial charge in [-0.25, -0.2) is 9.76 Å². The van der Waals surface area contributed by atoms with Crippen molar-refractivity contribution in [3.05, 3.63) is 0 Å². The highest BCUT2D eigenvalue weighted by atomic mass is 31.1. The van der Waals surface area contributed by atoms with Crippen LogP contribution in [0.2, 0.25) is 0 Å². The van der Waals surface area contributed by atoms with Gasteiger partial charge in [0.2, 0.25) is 8.10 Å². The maximum atomic E-state index is 12.3. The van der Waals surface area contributed by atoms with Gasteiger partial charge in [-0.05, 0) is 27.7 Å². The Balaban J connectivity index is 4.75. The van der Waals surface area contributed by atoms with Crippen molar-refractivity contribution in [1.82, 2.24) is 9.76 Å². The Hall–Kier alpha value is -0.950. The standard InChI is InChI=1S/C12H26N3O5P/c1-5-19-11(16)9(3)14-21(18)15(8-7-13)10(4)12(17)20-6-2/h9-10,21H,5-8,13H2,1-4H3,(H,14,18)/t9-,10?/m0/s1. The molecule has 0 radical (unpaired) electrons. The fourth-order valence-corrected chi connectivity index (χ4v) is 3.04. The fourth-order valence-electron chi connectivity index (χ4n) is 1.59. The van der Waals surface area contributed by atoms with Gasteiger partial charge in [0.25, 0.3) is 0 Å². The smallest absolute Gasteiger partial charge is 0.323 e. The number of nitrogens with two attached hydrogens (primary N) is 1. The normalized spacial score (nSPS) is 15.3. The van der Waals surface area contributed by atoms with Crippen molar-refractivity contribution in [3.63, 3.8) is 0 Å². The quantitative estimate of drug-likeness (QED) is 0.431. The van der Waals surface area contributed by atoms with E-state index in [0.29, 0.717) is 0 Å². The Morgan fingerprint density at radius 3 is 2.19 bits per heavy atom. The van der Waals surface area contributed by atoms with Crippen LogP contribution in [0.5, 0.6) is 0 Å². The van der Waals surface area contributed by atoms with E-state index in [2.05, 4.69) is 5.09 Å². The lowest BCUT2D eigenvalue weighted by Crippen LogP contribution is -2.42. The van der Waals surface area contributed by atoms with Crippen LogP contribution in [-0.2, 0) is 23.6 Å². The first-order chi connectivity index (χ1) is 9.88. The summed E-state index contributed by atoms with van der Waals surface area (Å²) in [7, 11) is -2.56. The van der Waals surface area contributed by atoms with Gasteiger partial charge >= 0.3 is 11.9 Å². The monoisotopic (exact) mass is 323 g/mol. The molecule has 0 heterocycles. The largest absolute Gasteiger partial charge is 0.465 e. The molecule has 0 aromatic heterocycles. The average molecular weight is 323 g/mol. The zero-order chi connectivity index (χ0) is 16.4. The number of hydrogen-bond acceptors (Lipinski definition) is 6. The number of hydrogen-bond donors (Lipinski definition) is 2. The SMILES string of the molecule is CCOC(=O)C(C)N(CCN)[PH](=O)N[C@@H](C)C(=O)OCC. The Morgan fingerprint density at radius 1 is 1.19 bits per heavy atom. The van der Waals surface area contributed by atoms with E-state index in [0.717, 1.165) is 0 Å². The third-order valence-electron chi connectivity index (χ3n) is 2.71. The first-order valence-corrected chi connectivity index (χ1v) is 8.34. The van der Waals surface area contributed by atoms with E-state index in [4.69, 9.17) is 15.2 Å². The van der Waals surface area contributed by atoms with Crippen LogP contribution in [-0.4, -0.2) is 55.0 Å². The molecule has 21 heavy (non-hydrogen) atoms. The number of nitrogens with one attached hydrogen (secondary N) is 1. The molecule has 0 saturated carbocycles. The van der Waals surface area contributed by atoms with Crippen LogP contribution in [0.1, 0.15) is 27.7 Å². The number of rotatable bonds is 10. The maximum absolute atomic E-state index is 12.3. The van der Waals surface area contributed by atoms with Crippen molar-refractivity contribution in [2.24, 2.45) is 5.73 Å². The summed E-state index contributed by atoms with van der Waals surface area (Å²) >= 11 is 0. The molecule has 0 aromatic carbocycles. The number of ether oxygens (including phenoxy) is 2. The van der Waals surface area contributed by atoms with E-state index >= 15 is 0 Å². The lowest BCUT2D eigenvalue weighted by Gasteiger charge is -2.27. The van der Waals surface area contributed by atoms with E-state index in [9.17, 15) is 14.2 Å². The van der Waals surface area contributed by atoms with E-state index in [1.54, 1.807) is 27.7 Å². The predicted octanol–water partition coefficient (Wildman–Crippen LogP) is 0.130. The highest BCUT2D eigenvalue weighted by molar-refractivity contribution is 7.39. The topological polar surface area (TPSA) is 111 Å². The second kappa shape index (κ2) is 10.7. The molecule has 0 aliphatic carbocycles. The van der Waals surface area contributed by atoms with E-state index in [1.165, 1.54) is 4.67 Å². The number of esters is 2. The van der Waals surface area contributed by atoms with Crippen molar-refractivity contribution < 1.29 is 23.6 Å². The molecule has 8 nitrogen and oxygen atoms in total. The summed E-state index contributed by atoms with van der Waals surface area (Å²) in [6.45, 7) is 7.50. The fraction of sp³-hybridized carbons (Fsp3) is 0.833. The second-order valence-electron chi connectivity index (χ2n) is 4.33. The van der Waals surface area contributed by atoms with Crippen molar-refractivity contribution in [1.29, 1.82) is 0 Å². The van der Waals surface area contributed by atoms with E-state index in [-0.39, 0.29) is 26.3 Å². The number of nitrogens with zero attached hydrogens (tertiary/aromatic N) is 1. The minimum Gasteiger partial charge on any atom is -0.465 e. The molecule has 0 rings (SSSR count). The van der Waals surface area contributed by atoms with Gasteiger partial charge in [0.1, 0.15) is 12.1 Å². The lowest BCUT2D eigenvalue weighted by atomic mass is 10.3. The zero-order valence-corrected chi connectivity index (χ0v) is 14.0. The second-order valence-corrected chi connectivity index (χ2v) is 5.81. The van der Waals surface area contributed by atoms with Gasteiger partial charge in [0, 0.05) is 13.1 Å². The van der Waals surface area contributed by atoms with Gasteiger partial charge in [-0.3, -0.25) is 14.2 Å². The average Bonchev–Trinajstić information content (AvgIpc) is 2.44. The molecular weight excluding hydrogens is 297 g/mol. The van der Waals surface area contributed by atoms with Gasteiger partial charge in [0.15, 0.2) is 0 Å². The summed E-state index contributed by atoms with van der Waals surface area (Å²) in [5.74, 6) is -0.970. The molecule has 0 aliphatic rings. The van der Waals surface area contributed by atoms with Crippen LogP contribution in [0, 0.1) is 0 Å². The van der Waals surface area contributed by atoms with Gasteiger partial charge < -0.3 is 15.2 Å². The minimum atomic E-state index is -2.56. The molecule has 0 fully saturated rings. The van der Waals surface area contributed by atoms with Gasteiger partial charge in [0.05, 0.1) is 13.2 Å². The van der Waals surface area contributed by atoms with Crippen molar-refractivity contribution in [3.8, 4) is 0 Å². The van der Waals surface area contributed by atoms with E-state index < -0.39 is 32.1 Å². The molecule has 0 aliphatic heterocycles. The van der Waals surface area contributed by atoms with Crippen molar-refractivity contribution >= 4 is 20.0 Å². The molecule has 3 N–H and O–H groups in total. The Morgan fingerprint density at radius 2 is 1.71 bits per heavy atom. The molecule has 3 atom stereocenters. The summed E-state index contributed by atoms with van der Waals surface area (Å²) in [5.41, 5.74) is 5.48. The molecule has 0 spiro atoms. The van der Waals surface area contributed by atoms with Crippen LogP contribution in [0.15, 0.2) is 0 Å². The summed E-state index contributed by atoms with van der Waals surface area (Å²) in [6.07, 6.45) is 0. The molecular formula is C12H26N3O5P. The van der Waals surface area contributed by atoms with Crippen molar-refractivity contribution in [2.45, 2.75) is 39.8 Å². The number of carbonyl (C=O) groups is 2. The van der Waals surface area contributed by atoms with Crippen LogP contribution in [0.3, 0.4) is 0 Å². The molecule has 2 unspecified atom stereocenters. The predicted molar refractivity (Wildman–Crippen MR) is 80.1 cm³/mol. The van der Waals surface area contributed by atoms with Crippen LogP contribution < -0.4 is 10.8 Å². The molecule has 124 valence electrons. The third kappa shape index (κ3) is 7.04. The molecule has 0 aromatic rings. The third-order valence-corrected chi connectivity index (χ3v) is 4.52. The molecule has 0 bridgehead atoms. The highest BCUT2D eigenvalue weighted by Gasteiger charge is 2.28. The highest BCUT2D eigenvalue weighted by Crippen LogP contribution is 2.26. The van der Waals surface area contributed by atoms with Crippen LogP contribution in [0.25, 0.3) is 0 Å². The van der Waals surface area contributed by atoms with Gasteiger partial charge in [-0.1, -0.05) is 0 Å². The summed E-state index contributed by atoms with van der Waals surface area (Å²) in [4.78, 5) is 23.3. The van der Waals surface area contributed by atoms with Crippen LogP contribution >= 0.6 is 8.10 Å². The lowest BCUT2D eigenvalue weighted by molar-refractivity contribution is -0.147. The molecule has 0 amide bonds. The summed E-state index contributed by atoms with van der Waals surface area (Å²) in [5, 5.41) is 2.66. The Bertz CT molecular complexity index is 367. The molecule has 0 saturated heterocycles. The minimum absolute atomic E-state index is 0.232. The Kier molecular flexibility index (Phi) is 10.2. The molecule has 9 heteroatoms. The van der Waals surface area contributed by atoms with Gasteiger partial charge in [-0.2, -0.15) is 0 Å². The zero-order valence-electron chi connectivity index (χ0n) is 13.0. The summed E-state index contributed by atoms with van der Waals surface area (Å²) < 4.78 is 23.5. The first kappa shape index (κ1) is 20.1. The number of carbonyl (C=O) groups excluding carboxylic acids is 2. The van der Waals surface area contributed by atoms with Gasteiger partial charge in [-0.15, -0.1) is 0 Å². The van der Waals surface area contributed by atoms with Crippen LogP contribution in [0.4, 0.5) is 0 Å². The first-order valence-electron chi connectivity index (χ1n) is 6.99. The Labute approximate surface area is 126 Å². The van der Waals surface area contributed by atoms with Crippen molar-refractivity contribution in [2.75, 3.05) is 26.3 Å².